The van der Waals surface area contributed by atoms with E-state index in [1.54, 1.807) is 36.3 Å². The molecule has 1 aliphatic heterocycles. The van der Waals surface area contributed by atoms with E-state index >= 15 is 0 Å². The minimum atomic E-state index is -0.0702. The molecule has 0 aliphatic carbocycles. The quantitative estimate of drug-likeness (QED) is 0.573. The molecule has 1 N–H and O–H groups in total. The molecule has 0 aromatic heterocycles. The smallest absolute Gasteiger partial charge is 0.256 e. The number of rotatable bonds is 7. The van der Waals surface area contributed by atoms with Crippen molar-refractivity contribution in [1.82, 2.24) is 10.2 Å². The second-order valence-electron chi connectivity index (χ2n) is 8.63. The highest BCUT2D eigenvalue weighted by atomic mass is 16.5. The van der Waals surface area contributed by atoms with Crippen LogP contribution < -0.4 is 15.0 Å². The summed E-state index contributed by atoms with van der Waals surface area (Å²) < 4.78 is 5.16. The zero-order valence-corrected chi connectivity index (χ0v) is 19.7. The van der Waals surface area contributed by atoms with Crippen LogP contribution in [0.25, 0.3) is 0 Å². The number of nitrogens with zero attached hydrogens (tertiary/aromatic N) is 2. The molecule has 3 aromatic carbocycles. The van der Waals surface area contributed by atoms with E-state index in [0.717, 1.165) is 42.9 Å². The molecule has 1 aliphatic rings. The molecule has 6 nitrogen and oxygen atoms in total. The number of amides is 2. The maximum absolute atomic E-state index is 13.3. The summed E-state index contributed by atoms with van der Waals surface area (Å²) in [5.74, 6) is 0.668. The summed E-state index contributed by atoms with van der Waals surface area (Å²) in [6.45, 7) is 2.12. The van der Waals surface area contributed by atoms with Gasteiger partial charge in [-0.15, -0.1) is 0 Å². The number of piperidine rings is 1. The Bertz CT molecular complexity index is 1110. The minimum Gasteiger partial charge on any atom is -0.497 e. The van der Waals surface area contributed by atoms with Crippen molar-refractivity contribution in [2.24, 2.45) is 0 Å². The van der Waals surface area contributed by atoms with E-state index in [1.807, 2.05) is 61.6 Å². The summed E-state index contributed by atoms with van der Waals surface area (Å²) in [4.78, 5) is 29.9. The fourth-order valence-corrected chi connectivity index (χ4v) is 4.34. The Kier molecular flexibility index (Phi) is 7.48. The number of anilines is 1. The molecule has 0 spiro atoms. The van der Waals surface area contributed by atoms with Gasteiger partial charge in [0.1, 0.15) is 5.75 Å². The number of ether oxygens (including phenoxy) is 1. The topological polar surface area (TPSA) is 61.9 Å². The predicted octanol–water partition coefficient (Wildman–Crippen LogP) is 4.37. The lowest BCUT2D eigenvalue weighted by Gasteiger charge is -2.35. The molecule has 4 rings (SSSR count). The van der Waals surface area contributed by atoms with Crippen molar-refractivity contribution < 1.29 is 14.3 Å². The highest BCUT2D eigenvalue weighted by molar-refractivity contribution is 5.99. The standard InChI is InChI=1S/C28H31N3O3/c1-30(20-21-8-4-3-5-9-21)28(33)25-10-6-7-11-26(25)31-18-16-23(17-19-31)29-27(32)22-12-14-24(34-2)15-13-22/h3-15,23H,16-20H2,1-2H3,(H,29,32). The van der Waals surface area contributed by atoms with Crippen LogP contribution in [0.3, 0.4) is 0 Å². The van der Waals surface area contributed by atoms with E-state index in [0.29, 0.717) is 17.7 Å². The number of nitrogens with one attached hydrogen (secondary N) is 1. The molecule has 176 valence electrons. The third kappa shape index (κ3) is 5.57. The van der Waals surface area contributed by atoms with Crippen LogP contribution in [0.5, 0.6) is 5.75 Å². The Morgan fingerprint density at radius 3 is 2.26 bits per heavy atom. The van der Waals surface area contributed by atoms with Gasteiger partial charge in [-0.1, -0.05) is 42.5 Å². The first kappa shape index (κ1) is 23.4. The van der Waals surface area contributed by atoms with Crippen LogP contribution >= 0.6 is 0 Å². The number of hydrogen-bond donors (Lipinski definition) is 1. The van der Waals surface area contributed by atoms with Crippen molar-refractivity contribution in [3.05, 3.63) is 95.6 Å². The van der Waals surface area contributed by atoms with Gasteiger partial charge < -0.3 is 19.9 Å². The lowest BCUT2D eigenvalue weighted by molar-refractivity contribution is 0.0785. The Morgan fingerprint density at radius 2 is 1.59 bits per heavy atom. The Labute approximate surface area is 201 Å². The minimum absolute atomic E-state index is 0.00869. The lowest BCUT2D eigenvalue weighted by atomic mass is 10.0. The third-order valence-electron chi connectivity index (χ3n) is 6.27. The second-order valence-corrected chi connectivity index (χ2v) is 8.63. The Hall–Kier alpha value is -3.80. The molecule has 0 unspecified atom stereocenters. The number of hydrogen-bond acceptors (Lipinski definition) is 4. The third-order valence-corrected chi connectivity index (χ3v) is 6.27. The molecular formula is C28H31N3O3. The number of para-hydroxylation sites is 1. The largest absolute Gasteiger partial charge is 0.497 e. The van der Waals surface area contributed by atoms with Gasteiger partial charge in [0, 0.05) is 44.0 Å². The van der Waals surface area contributed by atoms with Gasteiger partial charge in [0.25, 0.3) is 11.8 Å². The molecular weight excluding hydrogens is 426 g/mol. The summed E-state index contributed by atoms with van der Waals surface area (Å²) in [5, 5.41) is 3.15. The SMILES string of the molecule is COc1ccc(C(=O)NC2CCN(c3ccccc3C(=O)N(C)Cc3ccccc3)CC2)cc1. The van der Waals surface area contributed by atoms with Gasteiger partial charge >= 0.3 is 0 Å². The van der Waals surface area contributed by atoms with Crippen molar-refractivity contribution in [3.8, 4) is 5.75 Å². The average Bonchev–Trinajstić information content (AvgIpc) is 2.89. The second kappa shape index (κ2) is 10.9. The molecule has 0 radical (unpaired) electrons. The van der Waals surface area contributed by atoms with Gasteiger partial charge in [-0.05, 0) is 54.8 Å². The maximum atomic E-state index is 13.3. The molecule has 0 bridgehead atoms. The first-order chi connectivity index (χ1) is 16.5. The van der Waals surface area contributed by atoms with Crippen molar-refractivity contribution in [1.29, 1.82) is 0 Å². The van der Waals surface area contributed by atoms with E-state index in [1.165, 1.54) is 0 Å². The first-order valence-corrected chi connectivity index (χ1v) is 11.6. The van der Waals surface area contributed by atoms with Crippen LogP contribution in [0.4, 0.5) is 5.69 Å². The van der Waals surface area contributed by atoms with Crippen LogP contribution in [0, 0.1) is 0 Å². The van der Waals surface area contributed by atoms with Crippen molar-refractivity contribution in [2.45, 2.75) is 25.4 Å². The summed E-state index contributed by atoms with van der Waals surface area (Å²) >= 11 is 0. The summed E-state index contributed by atoms with van der Waals surface area (Å²) in [6.07, 6.45) is 1.65. The Balaban J connectivity index is 1.37. The van der Waals surface area contributed by atoms with Crippen LogP contribution in [0.15, 0.2) is 78.9 Å². The molecule has 6 heteroatoms. The van der Waals surface area contributed by atoms with Crippen molar-refractivity contribution >= 4 is 17.5 Å². The van der Waals surface area contributed by atoms with Crippen LogP contribution in [0.1, 0.15) is 39.1 Å². The summed E-state index contributed by atoms with van der Waals surface area (Å²) in [6, 6.07) is 25.0. The molecule has 1 fully saturated rings. The number of carbonyl (C=O) groups is 2. The zero-order chi connectivity index (χ0) is 23.9. The van der Waals surface area contributed by atoms with E-state index in [9.17, 15) is 9.59 Å². The number of carbonyl (C=O) groups excluding carboxylic acids is 2. The molecule has 34 heavy (non-hydrogen) atoms. The average molecular weight is 458 g/mol. The van der Waals surface area contributed by atoms with Gasteiger partial charge in [-0.25, -0.2) is 0 Å². The molecule has 0 atom stereocenters. The van der Waals surface area contributed by atoms with Gasteiger partial charge in [0.15, 0.2) is 0 Å². The summed E-state index contributed by atoms with van der Waals surface area (Å²) in [5.41, 5.74) is 3.39. The first-order valence-electron chi connectivity index (χ1n) is 11.6. The number of benzene rings is 3. The summed E-state index contributed by atoms with van der Waals surface area (Å²) in [7, 11) is 3.45. The van der Waals surface area contributed by atoms with Gasteiger partial charge in [0.05, 0.1) is 12.7 Å². The lowest BCUT2D eigenvalue weighted by Crippen LogP contribution is -2.45. The fourth-order valence-electron chi connectivity index (χ4n) is 4.34. The highest BCUT2D eigenvalue weighted by Crippen LogP contribution is 2.26. The van der Waals surface area contributed by atoms with Crippen LogP contribution in [0.2, 0.25) is 0 Å². The Morgan fingerprint density at radius 1 is 0.941 bits per heavy atom. The van der Waals surface area contributed by atoms with Gasteiger partial charge in [0.2, 0.25) is 0 Å². The zero-order valence-electron chi connectivity index (χ0n) is 19.7. The normalized spacial score (nSPS) is 13.9. The van der Waals surface area contributed by atoms with Crippen LogP contribution in [-0.4, -0.2) is 50.0 Å². The van der Waals surface area contributed by atoms with Crippen LogP contribution in [-0.2, 0) is 6.54 Å². The maximum Gasteiger partial charge on any atom is 0.256 e. The van der Waals surface area contributed by atoms with Gasteiger partial charge in [-0.2, -0.15) is 0 Å². The van der Waals surface area contributed by atoms with E-state index in [-0.39, 0.29) is 17.9 Å². The molecule has 0 saturated carbocycles. The van der Waals surface area contributed by atoms with Crippen molar-refractivity contribution in [2.75, 3.05) is 32.1 Å². The van der Waals surface area contributed by atoms with E-state index < -0.39 is 0 Å². The monoisotopic (exact) mass is 457 g/mol. The van der Waals surface area contributed by atoms with E-state index in [2.05, 4.69) is 10.2 Å². The number of methoxy groups -OCH3 is 1. The fraction of sp³-hybridized carbons (Fsp3) is 0.286. The molecule has 2 amide bonds. The molecule has 1 saturated heterocycles. The predicted molar refractivity (Wildman–Crippen MR) is 134 cm³/mol. The van der Waals surface area contributed by atoms with E-state index in [4.69, 9.17) is 4.74 Å². The molecule has 3 aromatic rings. The molecule has 1 heterocycles. The van der Waals surface area contributed by atoms with Crippen molar-refractivity contribution in [3.63, 3.8) is 0 Å². The van der Waals surface area contributed by atoms with Gasteiger partial charge in [-0.3, -0.25) is 9.59 Å². The highest BCUT2D eigenvalue weighted by Gasteiger charge is 2.25.